The number of nitrogens with one attached hydrogen (secondary N) is 1. The molecule has 3 rings (SSSR count). The molecule has 2 aliphatic rings. The van der Waals surface area contributed by atoms with Gasteiger partial charge < -0.3 is 15.3 Å². The van der Waals surface area contributed by atoms with Crippen LogP contribution in [0.5, 0.6) is 0 Å². The Morgan fingerprint density at radius 1 is 1.06 bits per heavy atom. The first-order chi connectivity index (χ1) is 15.8. The summed E-state index contributed by atoms with van der Waals surface area (Å²) < 4.78 is -0.621. The third kappa shape index (κ3) is 5.29. The molecule has 1 aromatic rings. The number of carboxylic acids is 1. The molecular formula is C27H40N2O4S. The number of carbonyl (C=O) groups excluding carboxylic acids is 2. The van der Waals surface area contributed by atoms with Gasteiger partial charge in [-0.05, 0) is 75.0 Å². The highest BCUT2D eigenvalue weighted by Gasteiger charge is 2.70. The Bertz CT molecular complexity index is 958. The first-order valence-corrected chi connectivity index (χ1v) is 13.3. The smallest absolute Gasteiger partial charge is 0.327 e. The summed E-state index contributed by atoms with van der Waals surface area (Å²) in [6.07, 6.45) is 4.35. The van der Waals surface area contributed by atoms with Crippen LogP contribution in [-0.4, -0.2) is 49.5 Å². The number of β-lactam (4-membered cyclic amide) rings is 1. The van der Waals surface area contributed by atoms with Crippen molar-refractivity contribution in [3.63, 3.8) is 0 Å². The molecule has 0 saturated carbocycles. The van der Waals surface area contributed by atoms with Gasteiger partial charge in [0.1, 0.15) is 17.0 Å². The van der Waals surface area contributed by atoms with E-state index in [9.17, 15) is 19.5 Å². The summed E-state index contributed by atoms with van der Waals surface area (Å²) in [5.74, 6) is -0.310. The molecule has 188 valence electrons. The fourth-order valence-corrected chi connectivity index (χ4v) is 6.63. The Kier molecular flexibility index (Phi) is 7.76. The largest absolute Gasteiger partial charge is 0.480 e. The second-order valence-corrected chi connectivity index (χ2v) is 13.2. The molecule has 3 atom stereocenters. The highest BCUT2D eigenvalue weighted by Crippen LogP contribution is 2.54. The van der Waals surface area contributed by atoms with Gasteiger partial charge in [0.25, 0.3) is 5.91 Å². The van der Waals surface area contributed by atoms with Crippen molar-refractivity contribution < 1.29 is 19.5 Å². The van der Waals surface area contributed by atoms with Gasteiger partial charge in [0.15, 0.2) is 0 Å². The summed E-state index contributed by atoms with van der Waals surface area (Å²) in [5.41, 5.74) is 2.43. The Labute approximate surface area is 208 Å². The van der Waals surface area contributed by atoms with Crippen LogP contribution in [0.1, 0.15) is 78.0 Å². The Hall–Kier alpha value is -2.02. The maximum absolute atomic E-state index is 13.1. The topological polar surface area (TPSA) is 86.7 Å². The van der Waals surface area contributed by atoms with Crippen molar-refractivity contribution in [2.45, 2.75) is 102 Å². The summed E-state index contributed by atoms with van der Waals surface area (Å²) in [5, 5.41) is 12.2. The molecule has 0 aliphatic carbocycles. The Balaban J connectivity index is 1.74. The summed E-state index contributed by atoms with van der Waals surface area (Å²) in [7, 11) is 0. The van der Waals surface area contributed by atoms with Crippen molar-refractivity contribution in [2.75, 3.05) is 0 Å². The number of carboxylic acid groups (broad SMARTS) is 1. The average molecular weight is 489 g/mol. The summed E-state index contributed by atoms with van der Waals surface area (Å²) in [4.78, 5) is 39.3. The minimum Gasteiger partial charge on any atom is -0.480 e. The molecule has 2 aliphatic heterocycles. The first kappa shape index (κ1) is 26.6. The molecular weight excluding hydrogens is 448 g/mol. The van der Waals surface area contributed by atoms with Crippen LogP contribution < -0.4 is 5.32 Å². The van der Waals surface area contributed by atoms with Crippen molar-refractivity contribution in [1.82, 2.24) is 10.2 Å². The van der Waals surface area contributed by atoms with Crippen molar-refractivity contribution in [3.8, 4) is 0 Å². The number of thioether (sulfide) groups is 1. The van der Waals surface area contributed by atoms with Crippen LogP contribution >= 0.6 is 11.8 Å². The monoisotopic (exact) mass is 488 g/mol. The van der Waals surface area contributed by atoms with Gasteiger partial charge >= 0.3 is 5.97 Å². The second kappa shape index (κ2) is 9.92. The number of benzene rings is 1. The van der Waals surface area contributed by atoms with Gasteiger partial charge in [0, 0.05) is 4.75 Å². The molecule has 7 heteroatoms. The number of rotatable bonds is 10. The maximum atomic E-state index is 13.1. The normalized spacial score (nSPS) is 25.4. The Morgan fingerprint density at radius 3 is 2.26 bits per heavy atom. The van der Waals surface area contributed by atoms with Gasteiger partial charge in [0.2, 0.25) is 5.91 Å². The standard InChI is InChI=1S/C27H40N2O4S/c1-16(2)8-10-18-11-13-20(19(14-18)12-9-17(3)4)15-21(30)28-27(7)24(33)29-22(23(31)32)26(5,6)34-25(27)29/h11,13-14,16-17,22,25H,8-10,12,15H2,1-7H3,(H,28,30)(H,31,32)/t22-,25+,27?/m0/s1. The summed E-state index contributed by atoms with van der Waals surface area (Å²) >= 11 is 1.45. The van der Waals surface area contributed by atoms with Crippen molar-refractivity contribution in [2.24, 2.45) is 11.8 Å². The lowest BCUT2D eigenvalue weighted by atomic mass is 9.85. The zero-order valence-corrected chi connectivity index (χ0v) is 22.4. The van der Waals surface area contributed by atoms with Gasteiger partial charge in [0.05, 0.1) is 6.42 Å². The maximum Gasteiger partial charge on any atom is 0.327 e. The number of nitrogens with zero attached hydrogens (tertiary/aromatic N) is 1. The average Bonchev–Trinajstić information content (AvgIpc) is 3.01. The van der Waals surface area contributed by atoms with E-state index >= 15 is 0 Å². The number of amides is 2. The Morgan fingerprint density at radius 2 is 1.68 bits per heavy atom. The fourth-order valence-electron chi connectivity index (χ4n) is 4.98. The van der Waals surface area contributed by atoms with Crippen LogP contribution in [0.25, 0.3) is 0 Å². The second-order valence-electron chi connectivity index (χ2n) is 11.4. The number of aliphatic carboxylic acids is 1. The lowest BCUT2D eigenvalue weighted by molar-refractivity contribution is -0.167. The first-order valence-electron chi connectivity index (χ1n) is 12.4. The molecule has 1 aromatic carbocycles. The van der Waals surface area contributed by atoms with Gasteiger partial charge in [-0.3, -0.25) is 9.59 Å². The van der Waals surface area contributed by atoms with Crippen LogP contribution in [0.3, 0.4) is 0 Å². The molecule has 2 amide bonds. The predicted octanol–water partition coefficient (Wildman–Crippen LogP) is 4.43. The van der Waals surface area contributed by atoms with E-state index < -0.39 is 22.3 Å². The number of hydrogen-bond acceptors (Lipinski definition) is 4. The van der Waals surface area contributed by atoms with Crippen molar-refractivity contribution >= 4 is 29.5 Å². The molecule has 2 fully saturated rings. The molecule has 0 aromatic heterocycles. The van der Waals surface area contributed by atoms with Crippen LogP contribution in [0, 0.1) is 11.8 Å². The van der Waals surface area contributed by atoms with E-state index in [0.29, 0.717) is 11.8 Å². The molecule has 2 saturated heterocycles. The summed E-state index contributed by atoms with van der Waals surface area (Å²) in [6.45, 7) is 14.3. The van der Waals surface area contributed by atoms with E-state index in [2.05, 4.69) is 51.2 Å². The van der Waals surface area contributed by atoms with Crippen molar-refractivity contribution in [1.29, 1.82) is 0 Å². The lowest BCUT2D eigenvalue weighted by Gasteiger charge is -2.51. The van der Waals surface area contributed by atoms with E-state index in [-0.39, 0.29) is 23.6 Å². The molecule has 0 radical (unpaired) electrons. The number of aryl methyl sites for hydroxylation is 2. The molecule has 6 nitrogen and oxygen atoms in total. The highest BCUT2D eigenvalue weighted by atomic mass is 32.2. The van der Waals surface area contributed by atoms with E-state index in [1.54, 1.807) is 6.92 Å². The third-order valence-corrected chi connectivity index (χ3v) is 8.79. The number of carbonyl (C=O) groups is 3. The van der Waals surface area contributed by atoms with Crippen LogP contribution in [0.4, 0.5) is 0 Å². The van der Waals surface area contributed by atoms with E-state index in [1.165, 1.54) is 27.8 Å². The molecule has 1 unspecified atom stereocenters. The minimum absolute atomic E-state index is 0.201. The van der Waals surface area contributed by atoms with Crippen LogP contribution in [-0.2, 0) is 33.6 Å². The van der Waals surface area contributed by atoms with Gasteiger partial charge in [-0.1, -0.05) is 45.9 Å². The zero-order valence-electron chi connectivity index (χ0n) is 21.6. The molecule has 34 heavy (non-hydrogen) atoms. The lowest BCUT2D eigenvalue weighted by Crippen LogP contribution is -2.78. The molecule has 2 N–H and O–H groups in total. The minimum atomic E-state index is -1.08. The van der Waals surface area contributed by atoms with Crippen molar-refractivity contribution in [3.05, 3.63) is 34.9 Å². The molecule has 0 bridgehead atoms. The molecule has 2 heterocycles. The number of hydrogen-bond donors (Lipinski definition) is 2. The summed E-state index contributed by atoms with van der Waals surface area (Å²) in [6, 6.07) is 5.55. The molecule has 0 spiro atoms. The van der Waals surface area contributed by atoms with Crippen LogP contribution in [0.15, 0.2) is 18.2 Å². The number of fused-ring (bicyclic) bond motifs is 1. The van der Waals surface area contributed by atoms with E-state index in [0.717, 1.165) is 31.2 Å². The fraction of sp³-hybridized carbons (Fsp3) is 0.667. The van der Waals surface area contributed by atoms with Gasteiger partial charge in [-0.15, -0.1) is 11.8 Å². The van der Waals surface area contributed by atoms with E-state index in [1.807, 2.05) is 13.8 Å². The van der Waals surface area contributed by atoms with Gasteiger partial charge in [-0.25, -0.2) is 4.79 Å². The third-order valence-electron chi connectivity index (χ3n) is 7.03. The quantitative estimate of drug-likeness (QED) is 0.476. The van der Waals surface area contributed by atoms with Gasteiger partial charge in [-0.2, -0.15) is 0 Å². The zero-order chi connectivity index (χ0) is 25.4. The van der Waals surface area contributed by atoms with Crippen LogP contribution in [0.2, 0.25) is 0 Å². The highest BCUT2D eigenvalue weighted by molar-refractivity contribution is 8.01. The SMILES string of the molecule is CC(C)CCc1ccc(CC(=O)NC2(C)C(=O)N3[C@@H](C(=O)O)C(C)(C)S[C@@H]32)c(CCC(C)C)c1. The predicted molar refractivity (Wildman–Crippen MR) is 137 cm³/mol. The van der Waals surface area contributed by atoms with E-state index in [4.69, 9.17) is 0 Å².